The van der Waals surface area contributed by atoms with Crippen LogP contribution in [-0.4, -0.2) is 61.4 Å². The molecule has 4 rings (SSSR count). The van der Waals surface area contributed by atoms with Gasteiger partial charge in [-0.25, -0.2) is 4.98 Å². The summed E-state index contributed by atoms with van der Waals surface area (Å²) in [6.07, 6.45) is 4.48. The second kappa shape index (κ2) is 8.67. The number of hydrogen-bond acceptors (Lipinski definition) is 7. The van der Waals surface area contributed by atoms with Gasteiger partial charge in [-0.15, -0.1) is 0 Å². The van der Waals surface area contributed by atoms with Gasteiger partial charge < -0.3 is 9.64 Å². The van der Waals surface area contributed by atoms with E-state index in [1.807, 2.05) is 26.0 Å². The maximum atomic E-state index is 13.3. The molecule has 0 fully saturated rings. The summed E-state index contributed by atoms with van der Waals surface area (Å²) in [5.41, 5.74) is 0.876. The third-order valence-corrected chi connectivity index (χ3v) is 5.20. The summed E-state index contributed by atoms with van der Waals surface area (Å²) >= 11 is 0. The molecule has 164 valence electrons. The molecule has 0 unspecified atom stereocenters. The zero-order valence-corrected chi connectivity index (χ0v) is 18.1. The predicted molar refractivity (Wildman–Crippen MR) is 123 cm³/mol. The maximum Gasteiger partial charge on any atom is 0.280 e. The number of methoxy groups -OCH3 is 1. The summed E-state index contributed by atoms with van der Waals surface area (Å²) < 4.78 is 8.18. The molecule has 32 heavy (non-hydrogen) atoms. The predicted octanol–water partition coefficient (Wildman–Crippen LogP) is 2.42. The first-order valence-corrected chi connectivity index (χ1v) is 10.2. The van der Waals surface area contributed by atoms with Crippen LogP contribution in [0.25, 0.3) is 27.5 Å². The van der Waals surface area contributed by atoms with Gasteiger partial charge in [-0.3, -0.25) is 20.3 Å². The van der Waals surface area contributed by atoms with Crippen molar-refractivity contribution in [2.45, 2.75) is 26.4 Å². The Balaban J connectivity index is 1.80. The number of ether oxygens (including phenoxy) is 1. The highest BCUT2D eigenvalue weighted by Crippen LogP contribution is 2.20. The molecule has 0 amide bonds. The molecule has 0 saturated heterocycles. The van der Waals surface area contributed by atoms with E-state index in [1.165, 1.54) is 9.58 Å². The molecule has 0 bridgehead atoms. The van der Waals surface area contributed by atoms with Crippen LogP contribution in [0.5, 0.6) is 0 Å². The lowest BCUT2D eigenvalue weighted by Gasteiger charge is -2.23. The van der Waals surface area contributed by atoms with Gasteiger partial charge in [0, 0.05) is 23.9 Å². The third-order valence-electron chi connectivity index (χ3n) is 5.20. The number of rotatable bonds is 7. The van der Waals surface area contributed by atoms with E-state index in [0.29, 0.717) is 35.4 Å². The molecule has 3 heterocycles. The Kier molecular flexibility index (Phi) is 5.78. The Labute approximate surface area is 184 Å². The van der Waals surface area contributed by atoms with E-state index in [9.17, 15) is 4.79 Å². The number of amidine groups is 1. The van der Waals surface area contributed by atoms with Crippen molar-refractivity contribution in [3.05, 3.63) is 58.8 Å². The summed E-state index contributed by atoms with van der Waals surface area (Å²) in [5.74, 6) is 0.385. The average molecular weight is 432 g/mol. The van der Waals surface area contributed by atoms with Crippen LogP contribution >= 0.6 is 0 Å². The second-order valence-corrected chi connectivity index (χ2v) is 7.58. The van der Waals surface area contributed by atoms with Crippen LogP contribution in [0, 0.1) is 10.8 Å². The Morgan fingerprint density at radius 1 is 1.22 bits per heavy atom. The maximum absolute atomic E-state index is 13.3. The fraction of sp³-hybridized carbons (Fsp3) is 0.273. The van der Waals surface area contributed by atoms with Crippen molar-refractivity contribution in [1.82, 2.24) is 29.4 Å². The molecular formula is C22H24N8O2. The zero-order chi connectivity index (χ0) is 22.8. The molecule has 1 aromatic carbocycles. The van der Waals surface area contributed by atoms with Crippen LogP contribution in [0.3, 0.4) is 0 Å². The summed E-state index contributed by atoms with van der Waals surface area (Å²) in [7, 11) is 1.63. The van der Waals surface area contributed by atoms with Crippen molar-refractivity contribution in [3.8, 4) is 5.82 Å². The lowest BCUT2D eigenvalue weighted by Crippen LogP contribution is -2.36. The number of aromatic nitrogens is 5. The van der Waals surface area contributed by atoms with Crippen LogP contribution in [0.1, 0.15) is 19.5 Å². The lowest BCUT2D eigenvalue weighted by atomic mass is 10.1. The van der Waals surface area contributed by atoms with Crippen LogP contribution < -0.4 is 5.56 Å². The highest BCUT2D eigenvalue weighted by molar-refractivity contribution is 6.01. The van der Waals surface area contributed by atoms with Crippen LogP contribution in [0.2, 0.25) is 0 Å². The van der Waals surface area contributed by atoms with E-state index in [-0.39, 0.29) is 17.4 Å². The van der Waals surface area contributed by atoms with Crippen molar-refractivity contribution in [2.75, 3.05) is 13.7 Å². The van der Waals surface area contributed by atoms with Crippen LogP contribution in [0.4, 0.5) is 0 Å². The number of nitrogens with zero attached hydrogens (tertiary/aromatic N) is 6. The van der Waals surface area contributed by atoms with Crippen molar-refractivity contribution in [1.29, 1.82) is 10.8 Å². The van der Waals surface area contributed by atoms with Gasteiger partial charge in [-0.1, -0.05) is 6.07 Å². The summed E-state index contributed by atoms with van der Waals surface area (Å²) in [4.78, 5) is 19.3. The van der Waals surface area contributed by atoms with Gasteiger partial charge in [0.25, 0.3) is 5.56 Å². The second-order valence-electron chi connectivity index (χ2n) is 7.58. The highest BCUT2D eigenvalue weighted by Gasteiger charge is 2.16. The smallest absolute Gasteiger partial charge is 0.280 e. The van der Waals surface area contributed by atoms with Gasteiger partial charge in [0.15, 0.2) is 11.7 Å². The Morgan fingerprint density at radius 2 is 2.00 bits per heavy atom. The SMILES string of the molecule is COCCn1ncc2cc3cnn(-c4cccc(C(=N)N(C=N)C(C)C)n4)c(=O)c3cc21. The lowest BCUT2D eigenvalue weighted by molar-refractivity contribution is 0.185. The van der Waals surface area contributed by atoms with Gasteiger partial charge in [0.05, 0.1) is 42.8 Å². The Hall–Kier alpha value is -3.92. The first kappa shape index (κ1) is 21.3. The topological polar surface area (TPSA) is 126 Å². The van der Waals surface area contributed by atoms with E-state index in [0.717, 1.165) is 17.2 Å². The Morgan fingerprint density at radius 3 is 2.72 bits per heavy atom. The van der Waals surface area contributed by atoms with Crippen LogP contribution in [-0.2, 0) is 11.3 Å². The number of hydrogen-bond donors (Lipinski definition) is 2. The van der Waals surface area contributed by atoms with Crippen LogP contribution in [0.15, 0.2) is 47.5 Å². The number of benzene rings is 1. The molecule has 10 nitrogen and oxygen atoms in total. The van der Waals surface area contributed by atoms with Crippen molar-refractivity contribution in [3.63, 3.8) is 0 Å². The summed E-state index contributed by atoms with van der Waals surface area (Å²) in [6.45, 7) is 4.87. The van der Waals surface area contributed by atoms with E-state index in [1.54, 1.807) is 42.4 Å². The molecule has 0 spiro atoms. The highest BCUT2D eigenvalue weighted by atomic mass is 16.5. The molecule has 0 aliphatic carbocycles. The molecule has 0 atom stereocenters. The van der Waals surface area contributed by atoms with E-state index in [4.69, 9.17) is 15.6 Å². The molecule has 10 heteroatoms. The zero-order valence-electron chi connectivity index (χ0n) is 18.1. The van der Waals surface area contributed by atoms with Gasteiger partial charge in [0.2, 0.25) is 0 Å². The molecule has 0 radical (unpaired) electrons. The molecule has 0 aliphatic rings. The number of fused-ring (bicyclic) bond motifs is 2. The molecule has 4 aromatic rings. The molecule has 3 aromatic heterocycles. The third kappa shape index (κ3) is 3.76. The van der Waals surface area contributed by atoms with Gasteiger partial charge >= 0.3 is 0 Å². The van der Waals surface area contributed by atoms with Gasteiger partial charge in [0.1, 0.15) is 5.69 Å². The number of nitrogens with one attached hydrogen (secondary N) is 2. The van der Waals surface area contributed by atoms with Gasteiger partial charge in [-0.2, -0.15) is 14.9 Å². The van der Waals surface area contributed by atoms with E-state index in [2.05, 4.69) is 15.2 Å². The van der Waals surface area contributed by atoms with E-state index >= 15 is 0 Å². The Bertz CT molecular complexity index is 1370. The molecule has 0 saturated carbocycles. The van der Waals surface area contributed by atoms with Crippen molar-refractivity contribution in [2.24, 2.45) is 0 Å². The first-order chi connectivity index (χ1) is 15.4. The van der Waals surface area contributed by atoms with E-state index < -0.39 is 0 Å². The summed E-state index contributed by atoms with van der Waals surface area (Å²) in [6, 6.07) is 8.70. The monoisotopic (exact) mass is 432 g/mol. The number of pyridine rings is 1. The first-order valence-electron chi connectivity index (χ1n) is 10.2. The average Bonchev–Trinajstić information content (AvgIpc) is 3.19. The molecule has 0 aliphatic heterocycles. The van der Waals surface area contributed by atoms with Gasteiger partial charge in [-0.05, 0) is 38.1 Å². The molecular weight excluding hydrogens is 408 g/mol. The standard InChI is InChI=1S/C22H24N8O2/c1-14(2)28(13-23)21(24)18-5-4-6-20(27-18)30-22(31)17-10-19-16(9-15(17)11-26-30)12-25-29(19)7-8-32-3/h4-6,9-14,23-24H,7-8H2,1-3H3. The largest absolute Gasteiger partial charge is 0.383 e. The normalized spacial score (nSPS) is 11.4. The molecule has 2 N–H and O–H groups in total. The summed E-state index contributed by atoms with van der Waals surface area (Å²) in [5, 5.41) is 26.8. The minimum atomic E-state index is -0.312. The fourth-order valence-corrected chi connectivity index (χ4v) is 3.52. The fourth-order valence-electron chi connectivity index (χ4n) is 3.52. The van der Waals surface area contributed by atoms with Crippen molar-refractivity contribution < 1.29 is 4.74 Å². The minimum absolute atomic E-state index is 0.0719. The minimum Gasteiger partial charge on any atom is -0.383 e. The quantitative estimate of drug-likeness (QED) is 0.341. The van der Waals surface area contributed by atoms with Crippen molar-refractivity contribution >= 4 is 33.8 Å².